The number of nitrogens with zero attached hydrogens (tertiary/aromatic N) is 6. The summed E-state index contributed by atoms with van der Waals surface area (Å²) in [6.45, 7) is -0.210. The Morgan fingerprint density at radius 2 is 1.97 bits per heavy atom. The molecule has 1 fully saturated rings. The number of hydrogen-bond acceptors (Lipinski definition) is 10. The molecule has 4 aromatic rings. The average molecular weight is 456 g/mol. The zero-order valence-electron chi connectivity index (χ0n) is 17.1. The van der Waals surface area contributed by atoms with E-state index in [9.17, 15) is 25.4 Å². The third kappa shape index (κ3) is 3.66. The van der Waals surface area contributed by atoms with E-state index >= 15 is 0 Å². The van der Waals surface area contributed by atoms with Crippen LogP contribution in [0.5, 0.6) is 5.88 Å². The molecule has 1 aromatic carbocycles. The molecule has 0 aliphatic carbocycles. The number of nitro groups is 1. The molecule has 3 N–H and O–H groups in total. The predicted molar refractivity (Wildman–Crippen MR) is 112 cm³/mol. The quantitative estimate of drug-likeness (QED) is 0.258. The number of ether oxygens (including phenoxy) is 2. The van der Waals surface area contributed by atoms with E-state index < -0.39 is 36.1 Å². The molecule has 1 aliphatic rings. The summed E-state index contributed by atoms with van der Waals surface area (Å²) in [6.07, 6.45) is 0.698. The second-order valence-corrected chi connectivity index (χ2v) is 7.59. The maximum absolute atomic E-state index is 10.8. The van der Waals surface area contributed by atoms with Gasteiger partial charge in [0, 0.05) is 30.9 Å². The van der Waals surface area contributed by atoms with Crippen LogP contribution in [0.1, 0.15) is 11.8 Å². The second-order valence-electron chi connectivity index (χ2n) is 7.59. The van der Waals surface area contributed by atoms with Crippen molar-refractivity contribution >= 4 is 22.6 Å². The van der Waals surface area contributed by atoms with E-state index in [0.717, 1.165) is 5.56 Å². The van der Waals surface area contributed by atoms with E-state index in [1.807, 2.05) is 0 Å². The van der Waals surface area contributed by atoms with E-state index in [2.05, 4.69) is 15.0 Å². The van der Waals surface area contributed by atoms with Crippen LogP contribution in [0.15, 0.2) is 43.0 Å². The van der Waals surface area contributed by atoms with Gasteiger partial charge in [-0.3, -0.25) is 19.1 Å². The van der Waals surface area contributed by atoms with E-state index in [1.165, 1.54) is 18.5 Å². The summed E-state index contributed by atoms with van der Waals surface area (Å²) in [7, 11) is 0. The molecule has 1 saturated heterocycles. The van der Waals surface area contributed by atoms with Gasteiger partial charge in [-0.25, -0.2) is 9.97 Å². The van der Waals surface area contributed by atoms with Gasteiger partial charge in [0.05, 0.1) is 24.5 Å². The minimum atomic E-state index is -1.28. The molecular formula is C20H20N6O7. The molecule has 0 radical (unpaired) electrons. The molecule has 0 unspecified atom stereocenters. The van der Waals surface area contributed by atoms with Gasteiger partial charge in [-0.2, -0.15) is 4.98 Å². The van der Waals surface area contributed by atoms with Crippen molar-refractivity contribution in [1.82, 2.24) is 23.9 Å². The third-order valence-corrected chi connectivity index (χ3v) is 5.59. The summed E-state index contributed by atoms with van der Waals surface area (Å²) < 4.78 is 14.7. The Bertz CT molecular complexity index is 1300. The van der Waals surface area contributed by atoms with Gasteiger partial charge in [0.15, 0.2) is 17.4 Å². The Balaban J connectivity index is 1.43. The lowest BCUT2D eigenvalue weighted by Crippen LogP contribution is -2.33. The number of non-ortho nitro benzene ring substituents is 1. The molecule has 33 heavy (non-hydrogen) atoms. The van der Waals surface area contributed by atoms with E-state index in [1.54, 1.807) is 33.5 Å². The summed E-state index contributed by atoms with van der Waals surface area (Å²) in [5.41, 5.74) is 1.75. The number of aliphatic hydroxyl groups excluding tert-OH is 3. The van der Waals surface area contributed by atoms with Crippen LogP contribution in [-0.2, 0) is 11.2 Å². The lowest BCUT2D eigenvalue weighted by Gasteiger charge is -2.17. The van der Waals surface area contributed by atoms with Gasteiger partial charge in [0.1, 0.15) is 18.3 Å². The maximum atomic E-state index is 10.8. The molecule has 0 spiro atoms. The zero-order valence-corrected chi connectivity index (χ0v) is 17.1. The van der Waals surface area contributed by atoms with Crippen LogP contribution < -0.4 is 4.74 Å². The zero-order chi connectivity index (χ0) is 23.1. The monoisotopic (exact) mass is 456 g/mol. The molecule has 1 aliphatic heterocycles. The number of rotatable bonds is 7. The van der Waals surface area contributed by atoms with Gasteiger partial charge in [-0.15, -0.1) is 0 Å². The highest BCUT2D eigenvalue weighted by molar-refractivity contribution is 5.79. The molecule has 0 bridgehead atoms. The molecule has 13 heteroatoms. The van der Waals surface area contributed by atoms with E-state index in [4.69, 9.17) is 9.47 Å². The fraction of sp³-hybridized carbons (Fsp3) is 0.350. The van der Waals surface area contributed by atoms with Crippen molar-refractivity contribution in [3.05, 3.63) is 58.7 Å². The number of hydrogen-bond donors (Lipinski definition) is 3. The summed E-state index contributed by atoms with van der Waals surface area (Å²) in [4.78, 5) is 23.3. The lowest BCUT2D eigenvalue weighted by atomic mass is 10.1. The number of imidazole rings is 2. The van der Waals surface area contributed by atoms with Crippen LogP contribution >= 0.6 is 0 Å². The number of nitro benzene ring substituents is 1. The Kier molecular flexibility index (Phi) is 5.38. The fourth-order valence-electron chi connectivity index (χ4n) is 3.88. The Morgan fingerprint density at radius 1 is 1.18 bits per heavy atom. The van der Waals surface area contributed by atoms with Crippen molar-refractivity contribution in [3.63, 3.8) is 0 Å². The second kappa shape index (κ2) is 8.37. The highest BCUT2D eigenvalue weighted by Crippen LogP contribution is 2.33. The number of aliphatic hydroxyl groups is 3. The van der Waals surface area contributed by atoms with Crippen molar-refractivity contribution in [2.75, 3.05) is 13.2 Å². The lowest BCUT2D eigenvalue weighted by molar-refractivity contribution is -0.384. The average Bonchev–Trinajstić information content (AvgIpc) is 3.52. The highest BCUT2D eigenvalue weighted by atomic mass is 16.6. The maximum Gasteiger partial charge on any atom is 0.269 e. The summed E-state index contributed by atoms with van der Waals surface area (Å²) in [5, 5.41) is 40.8. The van der Waals surface area contributed by atoms with E-state index in [0.29, 0.717) is 23.4 Å². The van der Waals surface area contributed by atoms with Crippen molar-refractivity contribution in [2.24, 2.45) is 0 Å². The first-order valence-corrected chi connectivity index (χ1v) is 10.2. The van der Waals surface area contributed by atoms with Crippen LogP contribution in [0.2, 0.25) is 0 Å². The number of fused-ring (bicyclic) bond motifs is 3. The van der Waals surface area contributed by atoms with Crippen molar-refractivity contribution in [1.29, 1.82) is 0 Å². The van der Waals surface area contributed by atoms with Gasteiger partial charge in [0.2, 0.25) is 11.7 Å². The SMILES string of the molecule is O=[N+]([O-])c1ccc(CCOc2nc3nccn3c3c2ncn3[C@@H]2O[C@H](CO)[C@@H](O)[C@H]2O)cc1. The van der Waals surface area contributed by atoms with Crippen LogP contribution in [0.3, 0.4) is 0 Å². The molecule has 172 valence electrons. The van der Waals surface area contributed by atoms with Crippen molar-refractivity contribution < 1.29 is 29.7 Å². The van der Waals surface area contributed by atoms with Gasteiger partial charge < -0.3 is 24.8 Å². The van der Waals surface area contributed by atoms with Crippen molar-refractivity contribution in [2.45, 2.75) is 31.0 Å². The smallest absolute Gasteiger partial charge is 0.269 e. The third-order valence-electron chi connectivity index (χ3n) is 5.59. The molecule has 5 rings (SSSR count). The largest absolute Gasteiger partial charge is 0.476 e. The van der Waals surface area contributed by atoms with Gasteiger partial charge in [-0.1, -0.05) is 12.1 Å². The topological polar surface area (TPSA) is 170 Å². The summed E-state index contributed by atoms with van der Waals surface area (Å²) in [6, 6.07) is 6.20. The first-order chi connectivity index (χ1) is 16.0. The Labute approximate surface area is 185 Å². The van der Waals surface area contributed by atoms with E-state index in [-0.39, 0.29) is 18.2 Å². The Hall–Kier alpha value is -3.65. The van der Waals surface area contributed by atoms with Crippen LogP contribution in [0, 0.1) is 10.1 Å². The first-order valence-electron chi connectivity index (χ1n) is 10.2. The molecule has 13 nitrogen and oxygen atoms in total. The van der Waals surface area contributed by atoms with Crippen molar-refractivity contribution in [3.8, 4) is 5.88 Å². The molecule has 0 saturated carbocycles. The Morgan fingerprint density at radius 3 is 2.67 bits per heavy atom. The molecule has 3 aromatic heterocycles. The van der Waals surface area contributed by atoms with Crippen LogP contribution in [0.4, 0.5) is 5.69 Å². The molecule has 0 amide bonds. The summed E-state index contributed by atoms with van der Waals surface area (Å²) in [5.74, 6) is 0.553. The molecular weight excluding hydrogens is 436 g/mol. The standard InChI is InChI=1S/C20H20N6O7/c27-9-13-15(28)16(29)19(33-13)25-10-22-14-17(23-20-21-6-7-24(20)18(14)25)32-8-5-11-1-3-12(4-2-11)26(30)31/h1-4,6-7,10,13,15-16,19,27-29H,5,8-9H2/t13-,15-,16-,19-/m1/s1. The fourth-order valence-corrected chi connectivity index (χ4v) is 3.88. The highest BCUT2D eigenvalue weighted by Gasteiger charge is 2.44. The molecule has 4 heterocycles. The molecule has 4 atom stereocenters. The van der Waals surface area contributed by atoms with Gasteiger partial charge >= 0.3 is 0 Å². The normalized spacial score (nSPS) is 22.9. The summed E-state index contributed by atoms with van der Waals surface area (Å²) >= 11 is 0. The van der Waals surface area contributed by atoms with Crippen LogP contribution in [-0.4, -0.2) is 75.7 Å². The minimum Gasteiger partial charge on any atom is -0.476 e. The van der Waals surface area contributed by atoms with Gasteiger partial charge in [-0.05, 0) is 5.56 Å². The number of aromatic nitrogens is 5. The van der Waals surface area contributed by atoms with Gasteiger partial charge in [0.25, 0.3) is 5.69 Å². The first kappa shape index (κ1) is 21.2. The predicted octanol–water partition coefficient (Wildman–Crippen LogP) is 0.220. The van der Waals surface area contributed by atoms with Crippen LogP contribution in [0.25, 0.3) is 16.9 Å². The number of benzene rings is 1. The minimum absolute atomic E-state index is 0.0169.